The minimum atomic E-state index is -0.127. The lowest BCUT2D eigenvalue weighted by Crippen LogP contribution is -2.50. The molecular weight excluding hydrogens is 394 g/mol. The summed E-state index contributed by atoms with van der Waals surface area (Å²) in [5.41, 5.74) is 4.64. The van der Waals surface area contributed by atoms with Crippen LogP contribution in [0.1, 0.15) is 37.4 Å². The maximum Gasteiger partial charge on any atom is 0.254 e. The molecule has 2 aromatic rings. The van der Waals surface area contributed by atoms with E-state index in [0.29, 0.717) is 36.7 Å². The quantitative estimate of drug-likeness (QED) is 0.800. The first-order chi connectivity index (χ1) is 14.9. The van der Waals surface area contributed by atoms with Gasteiger partial charge in [-0.1, -0.05) is 17.7 Å². The number of benzene rings is 2. The van der Waals surface area contributed by atoms with Crippen LogP contribution >= 0.6 is 0 Å². The van der Waals surface area contributed by atoms with Crippen LogP contribution in [0.4, 0.5) is 0 Å². The summed E-state index contributed by atoms with van der Waals surface area (Å²) < 4.78 is 10.6. The Morgan fingerprint density at radius 2 is 1.61 bits per heavy atom. The van der Waals surface area contributed by atoms with Crippen LogP contribution < -0.4 is 14.8 Å². The van der Waals surface area contributed by atoms with E-state index in [2.05, 4.69) is 29.3 Å². The average molecular weight is 424 g/mol. The number of fused-ring (bicyclic) bond motifs is 1. The van der Waals surface area contributed by atoms with Gasteiger partial charge in [-0.2, -0.15) is 0 Å². The lowest BCUT2D eigenvalue weighted by Gasteiger charge is -2.35. The number of hydrogen-bond donors (Lipinski definition) is 1. The molecule has 0 radical (unpaired) electrons. The van der Waals surface area contributed by atoms with E-state index in [0.717, 1.165) is 36.3 Å². The zero-order chi connectivity index (χ0) is 22.0. The molecule has 0 aromatic heterocycles. The van der Waals surface area contributed by atoms with Crippen molar-refractivity contribution >= 4 is 11.8 Å². The third kappa shape index (κ3) is 4.66. The maximum absolute atomic E-state index is 13.0. The van der Waals surface area contributed by atoms with Gasteiger partial charge in [0.15, 0.2) is 11.5 Å². The number of amides is 2. The van der Waals surface area contributed by atoms with Crippen LogP contribution in [0.5, 0.6) is 11.5 Å². The molecule has 1 fully saturated rings. The Bertz CT molecular complexity index is 973. The summed E-state index contributed by atoms with van der Waals surface area (Å²) in [6, 6.07) is 9.34. The summed E-state index contributed by atoms with van der Waals surface area (Å²) in [6.45, 7) is 10.6. The normalized spacial score (nSPS) is 15.8. The molecule has 0 aliphatic carbocycles. The molecule has 7 nitrogen and oxygen atoms in total. The topological polar surface area (TPSA) is 71.1 Å². The summed E-state index contributed by atoms with van der Waals surface area (Å²) in [7, 11) is 0. The second kappa shape index (κ2) is 8.98. The SMILES string of the molecule is Cc1cc(C)c(C(=O)N2CCN(CCNC(=O)c3ccc4c(c3)OCO4)CC2)c(C)c1. The number of aryl methyl sites for hydroxylation is 3. The molecule has 4 rings (SSSR count). The van der Waals surface area contributed by atoms with Gasteiger partial charge in [0.1, 0.15) is 0 Å². The third-order valence-electron chi connectivity index (χ3n) is 5.90. The monoisotopic (exact) mass is 423 g/mol. The van der Waals surface area contributed by atoms with Crippen LogP contribution in [0, 0.1) is 20.8 Å². The Kier molecular flexibility index (Phi) is 6.13. The van der Waals surface area contributed by atoms with E-state index in [1.807, 2.05) is 18.7 Å². The lowest BCUT2D eigenvalue weighted by molar-refractivity contribution is 0.0636. The van der Waals surface area contributed by atoms with Gasteiger partial charge in [-0.15, -0.1) is 0 Å². The molecule has 2 aliphatic rings. The Labute approximate surface area is 182 Å². The smallest absolute Gasteiger partial charge is 0.254 e. The van der Waals surface area contributed by atoms with Crippen molar-refractivity contribution < 1.29 is 19.1 Å². The standard InChI is InChI=1S/C24H29N3O4/c1-16-12-17(2)22(18(3)13-16)24(29)27-10-8-26(9-11-27)7-6-25-23(28)19-4-5-20-21(14-19)31-15-30-20/h4-5,12-14H,6-11,15H2,1-3H3,(H,25,28). The molecule has 2 amide bonds. The van der Waals surface area contributed by atoms with E-state index in [4.69, 9.17) is 9.47 Å². The number of nitrogens with one attached hydrogen (secondary N) is 1. The molecule has 2 aliphatic heterocycles. The minimum absolute atomic E-state index is 0.116. The second-order valence-electron chi connectivity index (χ2n) is 8.23. The molecule has 31 heavy (non-hydrogen) atoms. The summed E-state index contributed by atoms with van der Waals surface area (Å²) in [5, 5.41) is 2.96. The van der Waals surface area contributed by atoms with E-state index in [1.165, 1.54) is 5.56 Å². The van der Waals surface area contributed by atoms with Gasteiger partial charge in [0.25, 0.3) is 11.8 Å². The molecule has 0 spiro atoms. The van der Waals surface area contributed by atoms with Crippen LogP contribution in [-0.4, -0.2) is 67.7 Å². The molecule has 0 atom stereocenters. The van der Waals surface area contributed by atoms with E-state index in [1.54, 1.807) is 18.2 Å². The van der Waals surface area contributed by atoms with Crippen LogP contribution in [-0.2, 0) is 0 Å². The van der Waals surface area contributed by atoms with Crippen molar-refractivity contribution in [3.63, 3.8) is 0 Å². The highest BCUT2D eigenvalue weighted by atomic mass is 16.7. The highest BCUT2D eigenvalue weighted by Crippen LogP contribution is 2.32. The molecule has 0 bridgehead atoms. The lowest BCUT2D eigenvalue weighted by atomic mass is 9.98. The van der Waals surface area contributed by atoms with Crippen molar-refractivity contribution in [2.75, 3.05) is 46.1 Å². The predicted molar refractivity (Wildman–Crippen MR) is 118 cm³/mol. The first-order valence-electron chi connectivity index (χ1n) is 10.7. The average Bonchev–Trinajstić information content (AvgIpc) is 3.21. The van der Waals surface area contributed by atoms with Crippen molar-refractivity contribution in [3.8, 4) is 11.5 Å². The van der Waals surface area contributed by atoms with E-state index in [9.17, 15) is 9.59 Å². The molecule has 1 saturated heterocycles. The largest absolute Gasteiger partial charge is 0.454 e. The number of hydrogen-bond acceptors (Lipinski definition) is 5. The maximum atomic E-state index is 13.0. The van der Waals surface area contributed by atoms with Crippen LogP contribution in [0.15, 0.2) is 30.3 Å². The predicted octanol–water partition coefficient (Wildman–Crippen LogP) is 2.53. The first kappa shape index (κ1) is 21.2. The Morgan fingerprint density at radius 3 is 2.32 bits per heavy atom. The van der Waals surface area contributed by atoms with E-state index < -0.39 is 0 Å². The zero-order valence-electron chi connectivity index (χ0n) is 18.4. The third-order valence-corrected chi connectivity index (χ3v) is 5.90. The fourth-order valence-electron chi connectivity index (χ4n) is 4.32. The Morgan fingerprint density at radius 1 is 0.935 bits per heavy atom. The summed E-state index contributed by atoms with van der Waals surface area (Å²) in [6.07, 6.45) is 0. The van der Waals surface area contributed by atoms with Crippen molar-refractivity contribution in [1.82, 2.24) is 15.1 Å². The minimum Gasteiger partial charge on any atom is -0.454 e. The summed E-state index contributed by atoms with van der Waals surface area (Å²) in [5.74, 6) is 1.26. The molecular formula is C24H29N3O4. The van der Waals surface area contributed by atoms with E-state index in [-0.39, 0.29) is 18.6 Å². The van der Waals surface area contributed by atoms with Gasteiger partial charge in [-0.3, -0.25) is 14.5 Å². The number of carbonyl (C=O) groups excluding carboxylic acids is 2. The van der Waals surface area contributed by atoms with Gasteiger partial charge < -0.3 is 19.7 Å². The number of ether oxygens (including phenoxy) is 2. The van der Waals surface area contributed by atoms with Gasteiger partial charge in [0.05, 0.1) is 0 Å². The zero-order valence-corrected chi connectivity index (χ0v) is 18.4. The van der Waals surface area contributed by atoms with Crippen molar-refractivity contribution in [2.24, 2.45) is 0 Å². The van der Waals surface area contributed by atoms with Crippen LogP contribution in [0.3, 0.4) is 0 Å². The van der Waals surface area contributed by atoms with E-state index >= 15 is 0 Å². The molecule has 164 valence electrons. The highest BCUT2D eigenvalue weighted by Gasteiger charge is 2.24. The number of carbonyl (C=O) groups is 2. The Balaban J connectivity index is 1.24. The second-order valence-corrected chi connectivity index (χ2v) is 8.23. The van der Waals surface area contributed by atoms with Gasteiger partial charge in [0.2, 0.25) is 6.79 Å². The molecule has 2 heterocycles. The van der Waals surface area contributed by atoms with Crippen LogP contribution in [0.2, 0.25) is 0 Å². The molecule has 7 heteroatoms. The van der Waals surface area contributed by atoms with Gasteiger partial charge in [-0.25, -0.2) is 0 Å². The fraction of sp³-hybridized carbons (Fsp3) is 0.417. The number of rotatable bonds is 5. The first-order valence-corrected chi connectivity index (χ1v) is 10.7. The molecule has 0 saturated carbocycles. The van der Waals surface area contributed by atoms with Gasteiger partial charge in [0, 0.05) is 50.4 Å². The van der Waals surface area contributed by atoms with Crippen molar-refractivity contribution in [1.29, 1.82) is 0 Å². The number of nitrogens with zero attached hydrogens (tertiary/aromatic N) is 2. The number of piperazine rings is 1. The highest BCUT2D eigenvalue weighted by molar-refractivity contribution is 5.97. The fourth-order valence-corrected chi connectivity index (χ4v) is 4.32. The summed E-state index contributed by atoms with van der Waals surface area (Å²) in [4.78, 5) is 29.6. The van der Waals surface area contributed by atoms with Gasteiger partial charge >= 0.3 is 0 Å². The molecule has 2 aromatic carbocycles. The van der Waals surface area contributed by atoms with Gasteiger partial charge in [-0.05, 0) is 50.1 Å². The van der Waals surface area contributed by atoms with Crippen molar-refractivity contribution in [2.45, 2.75) is 20.8 Å². The molecule has 1 N–H and O–H groups in total. The van der Waals surface area contributed by atoms with Crippen molar-refractivity contribution in [3.05, 3.63) is 58.1 Å². The summed E-state index contributed by atoms with van der Waals surface area (Å²) >= 11 is 0. The molecule has 0 unspecified atom stereocenters. The van der Waals surface area contributed by atoms with Crippen LogP contribution in [0.25, 0.3) is 0 Å². The Hall–Kier alpha value is -3.06.